The molecule has 1 saturated heterocycles. The topological polar surface area (TPSA) is 38.3 Å². The molecule has 0 bridgehead atoms. The van der Waals surface area contributed by atoms with E-state index in [1.165, 1.54) is 0 Å². The van der Waals surface area contributed by atoms with Crippen LogP contribution in [0.5, 0.6) is 0 Å². The molecule has 4 heteroatoms. The summed E-state index contributed by atoms with van der Waals surface area (Å²) in [4.78, 5) is 12.2. The van der Waals surface area contributed by atoms with E-state index >= 15 is 0 Å². The Bertz CT molecular complexity index is 244. The molecule has 17 heavy (non-hydrogen) atoms. The lowest BCUT2D eigenvalue weighted by Crippen LogP contribution is -2.39. The van der Waals surface area contributed by atoms with Gasteiger partial charge in [-0.25, -0.2) is 0 Å². The van der Waals surface area contributed by atoms with Gasteiger partial charge in [-0.05, 0) is 25.7 Å². The van der Waals surface area contributed by atoms with Gasteiger partial charge in [0.1, 0.15) is 6.10 Å². The van der Waals surface area contributed by atoms with Crippen molar-refractivity contribution in [2.24, 2.45) is 5.92 Å². The van der Waals surface area contributed by atoms with Gasteiger partial charge in [-0.15, -0.1) is 0 Å². The number of halogens is 1. The van der Waals surface area contributed by atoms with Crippen LogP contribution in [0.15, 0.2) is 0 Å². The zero-order valence-electron chi connectivity index (χ0n) is 11.0. The summed E-state index contributed by atoms with van der Waals surface area (Å²) >= 11 is 3.66. The van der Waals surface area contributed by atoms with Crippen LogP contribution in [0.3, 0.4) is 0 Å². The van der Waals surface area contributed by atoms with Gasteiger partial charge in [0, 0.05) is 11.4 Å². The second-order valence-electron chi connectivity index (χ2n) is 4.85. The molecule has 3 nitrogen and oxygen atoms in total. The van der Waals surface area contributed by atoms with E-state index < -0.39 is 0 Å². The van der Waals surface area contributed by atoms with E-state index in [9.17, 15) is 4.79 Å². The maximum atomic E-state index is 11.8. The maximum Gasteiger partial charge on any atom is 0.249 e. The highest BCUT2D eigenvalue weighted by atomic mass is 79.9. The van der Waals surface area contributed by atoms with E-state index in [4.69, 9.17) is 4.74 Å². The fourth-order valence-corrected chi connectivity index (χ4v) is 3.18. The van der Waals surface area contributed by atoms with Crippen LogP contribution in [0.4, 0.5) is 0 Å². The van der Waals surface area contributed by atoms with Gasteiger partial charge in [0.25, 0.3) is 0 Å². The van der Waals surface area contributed by atoms with Gasteiger partial charge in [0.2, 0.25) is 5.91 Å². The number of hydrogen-bond donors (Lipinski definition) is 1. The standard InChI is InChI=1S/C13H24BrNO2/c1-4-10(5-2)11(14)8-15-13(16)12-7-6-9(3)17-12/h9-12H,4-8H2,1-3H3,(H,15,16). The molecule has 0 aliphatic carbocycles. The normalized spacial score (nSPS) is 26.2. The first-order valence-corrected chi connectivity index (χ1v) is 7.57. The Kier molecular flexibility index (Phi) is 6.49. The molecule has 1 aliphatic rings. The fraction of sp³-hybridized carbons (Fsp3) is 0.923. The summed E-state index contributed by atoms with van der Waals surface area (Å²) in [6.07, 6.45) is 4.11. The average Bonchev–Trinajstić information content (AvgIpc) is 2.74. The molecule has 1 rings (SSSR count). The van der Waals surface area contributed by atoms with Gasteiger partial charge in [0.15, 0.2) is 0 Å². The van der Waals surface area contributed by atoms with Gasteiger partial charge < -0.3 is 10.1 Å². The SMILES string of the molecule is CCC(CC)C(Br)CNC(=O)C1CCC(C)O1. The third-order valence-electron chi connectivity index (χ3n) is 3.56. The Morgan fingerprint density at radius 1 is 1.41 bits per heavy atom. The summed E-state index contributed by atoms with van der Waals surface area (Å²) < 4.78 is 5.54. The minimum Gasteiger partial charge on any atom is -0.365 e. The second kappa shape index (κ2) is 7.37. The fourth-order valence-electron chi connectivity index (χ4n) is 2.27. The van der Waals surface area contributed by atoms with Crippen molar-refractivity contribution in [2.45, 2.75) is 63.5 Å². The predicted octanol–water partition coefficient (Wildman–Crippen LogP) is 2.87. The monoisotopic (exact) mass is 305 g/mol. The Morgan fingerprint density at radius 2 is 2.06 bits per heavy atom. The molecule has 100 valence electrons. The van der Waals surface area contributed by atoms with Crippen LogP contribution >= 0.6 is 15.9 Å². The number of rotatable bonds is 6. The van der Waals surface area contributed by atoms with Crippen LogP contribution < -0.4 is 5.32 Å². The molecule has 0 aromatic heterocycles. The lowest BCUT2D eigenvalue weighted by Gasteiger charge is -2.21. The number of nitrogens with one attached hydrogen (secondary N) is 1. The van der Waals surface area contributed by atoms with Crippen molar-refractivity contribution >= 4 is 21.8 Å². The number of hydrogen-bond acceptors (Lipinski definition) is 2. The third-order valence-corrected chi connectivity index (χ3v) is 4.63. The minimum absolute atomic E-state index is 0.0461. The van der Waals surface area contributed by atoms with Crippen molar-refractivity contribution in [1.82, 2.24) is 5.32 Å². The van der Waals surface area contributed by atoms with E-state index in [0.29, 0.717) is 17.3 Å². The Balaban J connectivity index is 2.27. The van der Waals surface area contributed by atoms with E-state index in [1.807, 2.05) is 6.92 Å². The van der Waals surface area contributed by atoms with Crippen molar-refractivity contribution in [2.75, 3.05) is 6.54 Å². The van der Waals surface area contributed by atoms with E-state index in [-0.39, 0.29) is 18.1 Å². The van der Waals surface area contributed by atoms with Crippen LogP contribution in [0.25, 0.3) is 0 Å². The maximum absolute atomic E-state index is 11.8. The van der Waals surface area contributed by atoms with Crippen LogP contribution in [0.1, 0.15) is 46.5 Å². The molecule has 3 unspecified atom stereocenters. The van der Waals surface area contributed by atoms with E-state index in [2.05, 4.69) is 35.1 Å². The molecule has 1 heterocycles. The Labute approximate surface area is 113 Å². The predicted molar refractivity (Wildman–Crippen MR) is 73.4 cm³/mol. The summed E-state index contributed by atoms with van der Waals surface area (Å²) in [7, 11) is 0. The lowest BCUT2D eigenvalue weighted by atomic mass is 9.99. The quantitative estimate of drug-likeness (QED) is 0.766. The molecule has 1 amide bonds. The highest BCUT2D eigenvalue weighted by Crippen LogP contribution is 2.21. The molecule has 0 spiro atoms. The van der Waals surface area contributed by atoms with Crippen LogP contribution in [-0.2, 0) is 9.53 Å². The van der Waals surface area contributed by atoms with Gasteiger partial charge in [-0.1, -0.05) is 42.6 Å². The van der Waals surface area contributed by atoms with Gasteiger partial charge in [-0.3, -0.25) is 4.79 Å². The molecule has 1 fully saturated rings. The minimum atomic E-state index is -0.230. The van der Waals surface area contributed by atoms with Crippen molar-refractivity contribution in [3.05, 3.63) is 0 Å². The number of ether oxygens (including phenoxy) is 1. The van der Waals surface area contributed by atoms with Crippen molar-refractivity contribution in [1.29, 1.82) is 0 Å². The molecule has 0 aromatic rings. The van der Waals surface area contributed by atoms with Crippen LogP contribution in [0, 0.1) is 5.92 Å². The van der Waals surface area contributed by atoms with Crippen LogP contribution in [-0.4, -0.2) is 29.5 Å². The molecule has 3 atom stereocenters. The highest BCUT2D eigenvalue weighted by Gasteiger charge is 2.28. The van der Waals surface area contributed by atoms with Gasteiger partial charge >= 0.3 is 0 Å². The van der Waals surface area contributed by atoms with Gasteiger partial charge in [-0.2, -0.15) is 0 Å². The van der Waals surface area contributed by atoms with Crippen molar-refractivity contribution < 1.29 is 9.53 Å². The first-order valence-electron chi connectivity index (χ1n) is 6.65. The van der Waals surface area contributed by atoms with E-state index in [0.717, 1.165) is 25.7 Å². The highest BCUT2D eigenvalue weighted by molar-refractivity contribution is 9.09. The van der Waals surface area contributed by atoms with E-state index in [1.54, 1.807) is 0 Å². The summed E-state index contributed by atoms with van der Waals surface area (Å²) in [5.74, 6) is 0.670. The zero-order chi connectivity index (χ0) is 12.8. The number of amides is 1. The average molecular weight is 306 g/mol. The molecule has 0 radical (unpaired) electrons. The smallest absolute Gasteiger partial charge is 0.249 e. The molecular weight excluding hydrogens is 282 g/mol. The largest absolute Gasteiger partial charge is 0.365 e. The second-order valence-corrected chi connectivity index (χ2v) is 6.03. The summed E-state index contributed by atoms with van der Waals surface area (Å²) in [5, 5.41) is 2.98. The first-order chi connectivity index (χ1) is 8.08. The summed E-state index contributed by atoms with van der Waals surface area (Å²) in [6.45, 7) is 7.09. The molecule has 1 N–H and O–H groups in total. The third kappa shape index (κ3) is 4.59. The Hall–Kier alpha value is -0.0900. The molecule has 0 aromatic carbocycles. The lowest BCUT2D eigenvalue weighted by molar-refractivity contribution is -0.131. The molecule has 1 aliphatic heterocycles. The summed E-state index contributed by atoms with van der Waals surface area (Å²) in [5.41, 5.74) is 0. The summed E-state index contributed by atoms with van der Waals surface area (Å²) in [6, 6.07) is 0. The first kappa shape index (κ1) is 15.0. The van der Waals surface area contributed by atoms with Crippen molar-refractivity contribution in [3.63, 3.8) is 0 Å². The zero-order valence-corrected chi connectivity index (χ0v) is 12.6. The number of alkyl halides is 1. The van der Waals surface area contributed by atoms with Crippen LogP contribution in [0.2, 0.25) is 0 Å². The molecule has 0 saturated carbocycles. The number of carbonyl (C=O) groups excluding carboxylic acids is 1. The number of carbonyl (C=O) groups is 1. The van der Waals surface area contributed by atoms with Gasteiger partial charge in [0.05, 0.1) is 6.10 Å². The molecular formula is C13H24BrNO2. The Morgan fingerprint density at radius 3 is 2.53 bits per heavy atom. The van der Waals surface area contributed by atoms with Crippen molar-refractivity contribution in [3.8, 4) is 0 Å².